The summed E-state index contributed by atoms with van der Waals surface area (Å²) in [6, 6.07) is 44.0. The fourth-order valence-corrected chi connectivity index (χ4v) is 15.6. The first-order valence-corrected chi connectivity index (χ1v) is 35.5. The second kappa shape index (κ2) is 25.2. The molecular weight excluding hydrogens is 1210 g/mol. The minimum atomic E-state index is -0.475. The number of hydrogen-bond donors (Lipinski definition) is 2. The molecule has 2 heterocycles. The largest absolute Gasteiger partial charge is 0.505 e. The zero-order valence-corrected chi connectivity index (χ0v) is 63.4. The van der Waals surface area contributed by atoms with Crippen molar-refractivity contribution in [3.8, 4) is 56.6 Å². The molecule has 10 aromatic rings. The molecule has 504 valence electrons. The predicted molar refractivity (Wildman–Crippen MR) is 409 cm³/mol. The molecule has 0 fully saturated rings. The van der Waals surface area contributed by atoms with Gasteiger partial charge in [0.25, 0.3) is 0 Å². The van der Waals surface area contributed by atoms with Crippen molar-refractivity contribution in [3.05, 3.63) is 176 Å². The molecule has 8 heteroatoms. The Hall–Kier alpha value is -6.86. The van der Waals surface area contributed by atoms with E-state index >= 15 is 0 Å². The van der Waals surface area contributed by atoms with Gasteiger partial charge in [0.2, 0.25) is 0 Å². The van der Waals surface area contributed by atoms with E-state index in [9.17, 15) is 10.2 Å². The van der Waals surface area contributed by atoms with E-state index in [1.807, 2.05) is 24.3 Å². The molecule has 0 saturated carbocycles. The van der Waals surface area contributed by atoms with Crippen molar-refractivity contribution in [2.75, 3.05) is 13.2 Å². The Morgan fingerprint density at radius 3 is 0.905 bits per heavy atom. The summed E-state index contributed by atoms with van der Waals surface area (Å²) in [5.41, 5.74) is 15.6. The Balaban J connectivity index is 1.22. The number of fused-ring (bicyclic) bond motifs is 6. The van der Waals surface area contributed by atoms with E-state index in [4.69, 9.17) is 32.7 Å². The van der Waals surface area contributed by atoms with Crippen LogP contribution in [0.1, 0.15) is 230 Å². The number of hydrogen-bond acceptors (Lipinski definition) is 4. The van der Waals surface area contributed by atoms with Crippen LogP contribution in [0.4, 0.5) is 0 Å². The van der Waals surface area contributed by atoms with Crippen molar-refractivity contribution in [3.63, 3.8) is 0 Å². The third-order valence-electron chi connectivity index (χ3n) is 19.4. The van der Waals surface area contributed by atoms with Crippen LogP contribution in [-0.4, -0.2) is 32.6 Å². The third-order valence-corrected chi connectivity index (χ3v) is 19.9. The van der Waals surface area contributed by atoms with Gasteiger partial charge in [-0.1, -0.05) is 226 Å². The third kappa shape index (κ3) is 14.4. The van der Waals surface area contributed by atoms with Crippen LogP contribution in [0.3, 0.4) is 0 Å². The van der Waals surface area contributed by atoms with E-state index < -0.39 is 10.8 Å². The Kier molecular flexibility index (Phi) is 18.8. The zero-order valence-electron chi connectivity index (χ0n) is 61.9. The standard InChI is InChI=1S/C87H108Cl2N2O4/c1-25-52-38-54(42-60(88)40-52)62-48-68(86(21,22)50-80(3,4)5)78(74(76(62)92)90-70-32-28-56(82(9,10)11)44-64(70)65-45-57(83(12,13)14)29-33-71(65)90)94-36-27-37-95-79-69(87(23,24)51-81(6,7)8)49-63(55-39-53(26-2)41-61(89)43-55)77(93)75(79)91-72-34-30-58(84(15,16)17)46-66(72)67-47-59(85(18,19)20)31-35-73(67)91/h28-35,38-49,92-93H,25-27,36-37,50-51H2,1-24H3. The molecule has 0 amide bonds. The number of aryl methyl sites for hydroxylation is 2. The Labute approximate surface area is 579 Å². The second-order valence-corrected chi connectivity index (χ2v) is 36.2. The lowest BCUT2D eigenvalue weighted by molar-refractivity contribution is 0.229. The van der Waals surface area contributed by atoms with Crippen molar-refractivity contribution in [2.24, 2.45) is 10.8 Å². The second-order valence-electron chi connectivity index (χ2n) is 35.3. The molecule has 2 N–H and O–H groups in total. The number of phenols is 2. The predicted octanol–water partition coefficient (Wildman–Crippen LogP) is 25.5. The maximum Gasteiger partial charge on any atom is 0.151 e. The summed E-state index contributed by atoms with van der Waals surface area (Å²) in [5.74, 6) is 1.46. The molecule has 10 rings (SSSR count). The zero-order chi connectivity index (χ0) is 69.8. The highest BCUT2D eigenvalue weighted by Gasteiger charge is 2.38. The van der Waals surface area contributed by atoms with Crippen LogP contribution in [0.15, 0.2) is 121 Å². The molecule has 95 heavy (non-hydrogen) atoms. The smallest absolute Gasteiger partial charge is 0.151 e. The number of ether oxygens (including phenoxy) is 2. The summed E-state index contributed by atoms with van der Waals surface area (Å²) in [6.45, 7) is 55.0. The van der Waals surface area contributed by atoms with Gasteiger partial charge in [0.1, 0.15) is 11.4 Å². The fraction of sp³-hybridized carbons (Fsp3) is 0.448. The van der Waals surface area contributed by atoms with Gasteiger partial charge >= 0.3 is 0 Å². The average molecular weight is 1320 g/mol. The molecule has 0 aliphatic rings. The molecule has 0 aliphatic heterocycles. The van der Waals surface area contributed by atoms with E-state index in [2.05, 4.69) is 272 Å². The van der Waals surface area contributed by atoms with Gasteiger partial charge < -0.3 is 28.8 Å². The summed E-state index contributed by atoms with van der Waals surface area (Å²) >= 11 is 14.1. The summed E-state index contributed by atoms with van der Waals surface area (Å²) in [6.07, 6.45) is 3.65. The number of phenolic OH excluding ortho intramolecular Hbond substituents is 2. The SMILES string of the molecule is CCc1cc(Cl)cc(-c2cc(C(C)(C)CC(C)(C)C)c(OCCCOc3c(C(C)(C)CC(C)(C)C)cc(-c4cc(Cl)cc(CC)c4)c(O)c3-n3c4ccc(C(C)(C)C)cc4c4cc(C(C)(C)C)ccc43)c(-n3c4ccc(C(C)(C)C)cc4c4cc(C(C)(C)C)ccc43)c2O)c1. The van der Waals surface area contributed by atoms with E-state index in [0.29, 0.717) is 50.5 Å². The number of halogens is 2. The van der Waals surface area contributed by atoms with Crippen LogP contribution in [-0.2, 0) is 45.3 Å². The fourth-order valence-electron chi connectivity index (χ4n) is 15.1. The van der Waals surface area contributed by atoms with Crippen molar-refractivity contribution in [1.82, 2.24) is 9.13 Å². The van der Waals surface area contributed by atoms with Gasteiger partial charge in [-0.2, -0.15) is 0 Å². The number of aromatic hydroxyl groups is 2. The summed E-state index contributed by atoms with van der Waals surface area (Å²) in [5, 5.41) is 33.0. The van der Waals surface area contributed by atoms with Gasteiger partial charge in [-0.05, 0) is 198 Å². The first-order chi connectivity index (χ1) is 43.9. The molecule has 0 aliphatic carbocycles. The highest BCUT2D eigenvalue weighted by atomic mass is 35.5. The first-order valence-electron chi connectivity index (χ1n) is 34.8. The van der Waals surface area contributed by atoms with E-state index in [0.717, 1.165) is 103 Å². The molecule has 0 bridgehead atoms. The van der Waals surface area contributed by atoms with Crippen molar-refractivity contribution < 1.29 is 19.7 Å². The molecule has 0 spiro atoms. The molecule has 0 unspecified atom stereocenters. The van der Waals surface area contributed by atoms with E-state index in [-0.39, 0.29) is 57.2 Å². The molecule has 0 saturated heterocycles. The van der Waals surface area contributed by atoms with Crippen molar-refractivity contribution in [2.45, 2.75) is 231 Å². The van der Waals surface area contributed by atoms with E-state index in [1.54, 1.807) is 0 Å². The monoisotopic (exact) mass is 1310 g/mol. The molecule has 6 nitrogen and oxygen atoms in total. The molecule has 8 aromatic carbocycles. The van der Waals surface area contributed by atoms with Crippen LogP contribution in [0, 0.1) is 10.8 Å². The number of aromatic nitrogens is 2. The summed E-state index contributed by atoms with van der Waals surface area (Å²) < 4.78 is 19.7. The number of nitrogens with zero attached hydrogens (tertiary/aromatic N) is 2. The minimum Gasteiger partial charge on any atom is -0.505 e. The summed E-state index contributed by atoms with van der Waals surface area (Å²) in [7, 11) is 0. The molecule has 2 aromatic heterocycles. The average Bonchev–Trinajstić information content (AvgIpc) is 1.63. The minimum absolute atomic E-state index is 0.0830. The van der Waals surface area contributed by atoms with Gasteiger partial charge in [0, 0.05) is 60.3 Å². The number of benzene rings is 8. The lowest BCUT2D eigenvalue weighted by atomic mass is 9.71. The van der Waals surface area contributed by atoms with Crippen LogP contribution in [0.2, 0.25) is 10.0 Å². The van der Waals surface area contributed by atoms with Crippen molar-refractivity contribution in [1.29, 1.82) is 0 Å². The maximum absolute atomic E-state index is 13.7. The van der Waals surface area contributed by atoms with Gasteiger partial charge in [-0.15, -0.1) is 0 Å². The van der Waals surface area contributed by atoms with Gasteiger partial charge in [-0.3, -0.25) is 0 Å². The molecular formula is C87H108Cl2N2O4. The normalized spacial score (nSPS) is 13.3. The first kappa shape index (κ1) is 70.9. The Morgan fingerprint density at radius 2 is 0.653 bits per heavy atom. The molecule has 0 atom stereocenters. The van der Waals surface area contributed by atoms with Crippen molar-refractivity contribution >= 4 is 66.8 Å². The van der Waals surface area contributed by atoms with Gasteiger partial charge in [0.15, 0.2) is 23.0 Å². The van der Waals surface area contributed by atoms with Crippen LogP contribution >= 0.6 is 23.2 Å². The highest BCUT2D eigenvalue weighted by molar-refractivity contribution is 6.31. The Morgan fingerprint density at radius 1 is 0.368 bits per heavy atom. The quantitative estimate of drug-likeness (QED) is 0.0946. The summed E-state index contributed by atoms with van der Waals surface area (Å²) in [4.78, 5) is 0. The van der Waals surface area contributed by atoms with Crippen LogP contribution in [0.5, 0.6) is 23.0 Å². The lowest BCUT2D eigenvalue weighted by Gasteiger charge is -2.36. The van der Waals surface area contributed by atoms with Crippen LogP contribution in [0.25, 0.3) is 77.2 Å². The Bertz CT molecular complexity index is 4150. The topological polar surface area (TPSA) is 68.8 Å². The molecule has 0 radical (unpaired) electrons. The number of rotatable bonds is 16. The van der Waals surface area contributed by atoms with E-state index in [1.165, 1.54) is 22.3 Å². The van der Waals surface area contributed by atoms with Crippen LogP contribution < -0.4 is 9.47 Å². The van der Waals surface area contributed by atoms with Gasteiger partial charge in [-0.25, -0.2) is 0 Å². The lowest BCUT2D eigenvalue weighted by Crippen LogP contribution is -2.27. The highest BCUT2D eigenvalue weighted by Crippen LogP contribution is 2.55. The maximum atomic E-state index is 13.7. The van der Waals surface area contributed by atoms with Gasteiger partial charge in [0.05, 0.1) is 35.3 Å².